The normalized spacial score (nSPS) is 50.0. The van der Waals surface area contributed by atoms with Gasteiger partial charge < -0.3 is 9.59 Å². The Bertz CT molecular complexity index is 169. The Morgan fingerprint density at radius 1 is 0.900 bits per heavy atom. The summed E-state index contributed by atoms with van der Waals surface area (Å²) in [6.07, 6.45) is 5.62. The summed E-state index contributed by atoms with van der Waals surface area (Å²) in [7, 11) is 0. The molecule has 0 aromatic rings. The monoisotopic (exact) mass is 138 g/mol. The summed E-state index contributed by atoms with van der Waals surface area (Å²) in [5.74, 6) is 0. The third kappa shape index (κ3) is 0.498. The van der Waals surface area contributed by atoms with Gasteiger partial charge in [-0.3, -0.25) is 0 Å². The lowest BCUT2D eigenvalue weighted by molar-refractivity contribution is -0.130. The highest BCUT2D eigenvalue weighted by atomic mass is 16.1. The molecule has 0 saturated heterocycles. The molecule has 0 aromatic heterocycles. The highest BCUT2D eigenvalue weighted by molar-refractivity contribution is 5.73. The molecule has 3 rings (SSSR count). The van der Waals surface area contributed by atoms with Gasteiger partial charge in [0.25, 0.3) is 0 Å². The molecule has 0 atom stereocenters. The maximum absolute atomic E-state index is 10.5. The smallest absolute Gasteiger partial charge is 0.126 e. The van der Waals surface area contributed by atoms with Gasteiger partial charge in [0.15, 0.2) is 0 Å². The Hall–Kier alpha value is -0.660. The summed E-state index contributed by atoms with van der Waals surface area (Å²) in [6, 6.07) is 0. The Kier molecular flexibility index (Phi) is 0.908. The number of aldehydes is 2. The highest BCUT2D eigenvalue weighted by Gasteiger charge is 2.60. The quantitative estimate of drug-likeness (QED) is 0.532. The zero-order valence-corrected chi connectivity index (χ0v) is 5.80. The van der Waals surface area contributed by atoms with Crippen molar-refractivity contribution in [3.05, 3.63) is 0 Å². The maximum Gasteiger partial charge on any atom is 0.126 e. The Morgan fingerprint density at radius 3 is 1.50 bits per heavy atom. The minimum atomic E-state index is -0.0685. The number of rotatable bonds is 2. The van der Waals surface area contributed by atoms with Crippen molar-refractivity contribution in [3.8, 4) is 0 Å². The van der Waals surface area contributed by atoms with Crippen molar-refractivity contribution in [1.82, 2.24) is 0 Å². The maximum atomic E-state index is 10.5. The molecule has 0 aromatic carbocycles. The average Bonchev–Trinajstić information content (AvgIpc) is 2.40. The van der Waals surface area contributed by atoms with Gasteiger partial charge in [-0.25, -0.2) is 0 Å². The summed E-state index contributed by atoms with van der Waals surface area (Å²) >= 11 is 0. The van der Waals surface area contributed by atoms with Crippen molar-refractivity contribution in [2.24, 2.45) is 10.8 Å². The number of carbonyl (C=O) groups excluding carboxylic acids is 2. The van der Waals surface area contributed by atoms with Crippen molar-refractivity contribution >= 4 is 12.6 Å². The molecule has 3 saturated carbocycles. The number of carbonyl (C=O) groups is 2. The lowest BCUT2D eigenvalue weighted by Crippen LogP contribution is -2.39. The van der Waals surface area contributed by atoms with E-state index >= 15 is 0 Å². The fourth-order valence-electron chi connectivity index (χ4n) is 2.49. The lowest BCUT2D eigenvalue weighted by atomic mass is 9.62. The second kappa shape index (κ2) is 1.49. The zero-order valence-electron chi connectivity index (χ0n) is 5.80. The van der Waals surface area contributed by atoms with Gasteiger partial charge in [-0.2, -0.15) is 0 Å². The van der Waals surface area contributed by atoms with Gasteiger partial charge in [0.1, 0.15) is 12.6 Å². The molecule has 0 amide bonds. The van der Waals surface area contributed by atoms with Crippen LogP contribution in [0.5, 0.6) is 0 Å². The standard InChI is InChI=1S/C8H10O2/c9-5-7-1-2-8(3-7,4-7)6-10/h5-6H,1-4H2. The summed E-state index contributed by atoms with van der Waals surface area (Å²) in [4.78, 5) is 21.0. The van der Waals surface area contributed by atoms with Gasteiger partial charge in [0.2, 0.25) is 0 Å². The topological polar surface area (TPSA) is 34.1 Å². The van der Waals surface area contributed by atoms with Crippen LogP contribution in [0.3, 0.4) is 0 Å². The molecular weight excluding hydrogens is 128 g/mol. The Balaban J connectivity index is 2.20. The second-order valence-corrected chi connectivity index (χ2v) is 3.81. The first-order chi connectivity index (χ1) is 4.74. The SMILES string of the molecule is O=CC12CCC(C=O)(C1)C2. The summed E-state index contributed by atoms with van der Waals surface area (Å²) in [5.41, 5.74) is -0.137. The third-order valence-corrected chi connectivity index (χ3v) is 3.03. The van der Waals surface area contributed by atoms with Crippen LogP contribution in [0.1, 0.15) is 25.7 Å². The van der Waals surface area contributed by atoms with E-state index in [0.717, 1.165) is 38.3 Å². The Labute approximate surface area is 59.6 Å². The van der Waals surface area contributed by atoms with E-state index in [9.17, 15) is 9.59 Å². The molecule has 2 bridgehead atoms. The summed E-state index contributed by atoms with van der Waals surface area (Å²) in [5, 5.41) is 0. The van der Waals surface area contributed by atoms with Gasteiger partial charge >= 0.3 is 0 Å². The van der Waals surface area contributed by atoms with E-state index in [1.54, 1.807) is 0 Å². The predicted octanol–water partition coefficient (Wildman–Crippen LogP) is 0.945. The molecule has 0 radical (unpaired) electrons. The van der Waals surface area contributed by atoms with E-state index in [1.165, 1.54) is 0 Å². The molecule has 2 nitrogen and oxygen atoms in total. The van der Waals surface area contributed by atoms with Crippen LogP contribution in [0, 0.1) is 10.8 Å². The first-order valence-corrected chi connectivity index (χ1v) is 3.67. The molecule has 54 valence electrons. The van der Waals surface area contributed by atoms with Gasteiger partial charge in [0.05, 0.1) is 0 Å². The molecule has 0 aliphatic heterocycles. The number of hydrogen-bond donors (Lipinski definition) is 0. The van der Waals surface area contributed by atoms with Crippen LogP contribution in [0.4, 0.5) is 0 Å². The van der Waals surface area contributed by atoms with E-state index in [1.807, 2.05) is 0 Å². The van der Waals surface area contributed by atoms with E-state index in [-0.39, 0.29) is 10.8 Å². The van der Waals surface area contributed by atoms with E-state index < -0.39 is 0 Å². The molecule has 3 aliphatic rings. The molecular formula is C8H10O2. The van der Waals surface area contributed by atoms with Crippen LogP contribution in [0.2, 0.25) is 0 Å². The van der Waals surface area contributed by atoms with E-state index in [4.69, 9.17) is 0 Å². The minimum absolute atomic E-state index is 0.0685. The highest BCUT2D eigenvalue weighted by Crippen LogP contribution is 2.64. The number of fused-ring (bicyclic) bond motifs is 1. The third-order valence-electron chi connectivity index (χ3n) is 3.03. The van der Waals surface area contributed by atoms with E-state index in [2.05, 4.69) is 0 Å². The molecule has 0 N–H and O–H groups in total. The van der Waals surface area contributed by atoms with Gasteiger partial charge in [-0.05, 0) is 25.7 Å². The molecule has 0 heterocycles. The Morgan fingerprint density at radius 2 is 1.30 bits per heavy atom. The molecule has 2 heteroatoms. The van der Waals surface area contributed by atoms with Crippen molar-refractivity contribution in [2.45, 2.75) is 25.7 Å². The first kappa shape index (κ1) is 6.08. The van der Waals surface area contributed by atoms with Crippen LogP contribution in [-0.2, 0) is 9.59 Å². The fourth-order valence-corrected chi connectivity index (χ4v) is 2.49. The number of hydrogen-bond acceptors (Lipinski definition) is 2. The summed E-state index contributed by atoms with van der Waals surface area (Å²) in [6.45, 7) is 0. The molecule has 3 fully saturated rings. The minimum Gasteiger partial charge on any atom is -0.303 e. The van der Waals surface area contributed by atoms with Gasteiger partial charge in [-0.15, -0.1) is 0 Å². The zero-order chi connectivity index (χ0) is 7.24. The molecule has 10 heavy (non-hydrogen) atoms. The van der Waals surface area contributed by atoms with Gasteiger partial charge in [-0.1, -0.05) is 0 Å². The molecule has 0 spiro atoms. The first-order valence-electron chi connectivity index (χ1n) is 3.67. The lowest BCUT2D eigenvalue weighted by Gasteiger charge is -2.40. The second-order valence-electron chi connectivity index (χ2n) is 3.81. The average molecular weight is 138 g/mol. The van der Waals surface area contributed by atoms with E-state index in [0.29, 0.717) is 0 Å². The van der Waals surface area contributed by atoms with Crippen molar-refractivity contribution < 1.29 is 9.59 Å². The van der Waals surface area contributed by atoms with Crippen molar-refractivity contribution in [1.29, 1.82) is 0 Å². The van der Waals surface area contributed by atoms with Crippen molar-refractivity contribution in [3.63, 3.8) is 0 Å². The fraction of sp³-hybridized carbons (Fsp3) is 0.750. The predicted molar refractivity (Wildman–Crippen MR) is 35.5 cm³/mol. The van der Waals surface area contributed by atoms with Crippen LogP contribution >= 0.6 is 0 Å². The van der Waals surface area contributed by atoms with Crippen LogP contribution < -0.4 is 0 Å². The summed E-state index contributed by atoms with van der Waals surface area (Å²) < 4.78 is 0. The van der Waals surface area contributed by atoms with Crippen LogP contribution in [0.15, 0.2) is 0 Å². The largest absolute Gasteiger partial charge is 0.303 e. The molecule has 0 unspecified atom stereocenters. The van der Waals surface area contributed by atoms with Gasteiger partial charge in [0, 0.05) is 10.8 Å². The van der Waals surface area contributed by atoms with Crippen LogP contribution in [-0.4, -0.2) is 12.6 Å². The molecule has 3 aliphatic carbocycles. The van der Waals surface area contributed by atoms with Crippen LogP contribution in [0.25, 0.3) is 0 Å². The van der Waals surface area contributed by atoms with Crippen molar-refractivity contribution in [2.75, 3.05) is 0 Å².